The van der Waals surface area contributed by atoms with Gasteiger partial charge in [-0.2, -0.15) is 0 Å². The number of rotatable bonds is 9. The van der Waals surface area contributed by atoms with E-state index in [0.29, 0.717) is 44.3 Å². The molecule has 0 unspecified atom stereocenters. The van der Waals surface area contributed by atoms with E-state index in [1.54, 1.807) is 36.5 Å². The summed E-state index contributed by atoms with van der Waals surface area (Å²) in [5, 5.41) is 5.36. The Morgan fingerprint density at radius 3 is 2.78 bits per heavy atom. The molecule has 2 aromatic heterocycles. The minimum atomic E-state index is -0.463. The lowest BCUT2D eigenvalue weighted by Gasteiger charge is -2.10. The molecule has 3 aromatic rings. The highest BCUT2D eigenvalue weighted by molar-refractivity contribution is 7.98. The van der Waals surface area contributed by atoms with E-state index >= 15 is 0 Å². The Bertz CT molecular complexity index is 1090. The van der Waals surface area contributed by atoms with Crippen LogP contribution in [0.4, 0.5) is 0 Å². The van der Waals surface area contributed by atoms with Crippen LogP contribution in [-0.2, 0) is 10.5 Å². The number of hydrogen-bond acceptors (Lipinski definition) is 7. The topological polar surface area (TPSA) is 106 Å². The molecule has 0 fully saturated rings. The quantitative estimate of drug-likeness (QED) is 0.254. The third-order valence-corrected chi connectivity index (χ3v) is 5.63. The monoisotopic (exact) mass is 494 g/mol. The van der Waals surface area contributed by atoms with Gasteiger partial charge in [-0.25, -0.2) is 4.98 Å². The van der Waals surface area contributed by atoms with Crippen molar-refractivity contribution in [2.45, 2.75) is 30.5 Å². The summed E-state index contributed by atoms with van der Waals surface area (Å²) in [6.45, 7) is 2.09. The van der Waals surface area contributed by atoms with Gasteiger partial charge in [-0.05, 0) is 43.7 Å². The second-order valence-electron chi connectivity index (χ2n) is 6.60. The van der Waals surface area contributed by atoms with Crippen LogP contribution in [0.5, 0.6) is 5.75 Å². The molecule has 32 heavy (non-hydrogen) atoms. The Kier molecular flexibility index (Phi) is 8.78. The summed E-state index contributed by atoms with van der Waals surface area (Å²) >= 11 is 13.2. The number of aromatic nitrogens is 2. The zero-order valence-electron chi connectivity index (χ0n) is 17.1. The van der Waals surface area contributed by atoms with Gasteiger partial charge in [0, 0.05) is 29.5 Å². The average Bonchev–Trinajstić information content (AvgIpc) is 3.20. The molecule has 0 spiro atoms. The van der Waals surface area contributed by atoms with Crippen molar-refractivity contribution in [1.82, 2.24) is 21.0 Å². The van der Waals surface area contributed by atoms with Gasteiger partial charge in [-0.3, -0.25) is 20.4 Å². The van der Waals surface area contributed by atoms with Crippen molar-refractivity contribution in [3.63, 3.8) is 0 Å². The van der Waals surface area contributed by atoms with Gasteiger partial charge < -0.3 is 9.26 Å². The molecule has 11 heteroatoms. The smallest absolute Gasteiger partial charge is 0.272 e. The number of ether oxygens (including phenoxy) is 1. The molecule has 3 rings (SSSR count). The number of hydrogen-bond donors (Lipinski definition) is 2. The number of carbonyl (C=O) groups excluding carboxylic acids is 2. The van der Waals surface area contributed by atoms with Crippen molar-refractivity contribution in [3.05, 3.63) is 69.7 Å². The molecule has 2 heterocycles. The van der Waals surface area contributed by atoms with Crippen LogP contribution in [0.1, 0.15) is 34.7 Å². The Morgan fingerprint density at radius 1 is 1.19 bits per heavy atom. The largest absolute Gasteiger partial charge is 0.492 e. The van der Waals surface area contributed by atoms with Gasteiger partial charge in [0.05, 0.1) is 22.9 Å². The summed E-state index contributed by atoms with van der Waals surface area (Å²) in [5.41, 5.74) is 5.91. The van der Waals surface area contributed by atoms with Crippen LogP contribution in [-0.4, -0.2) is 28.6 Å². The fraction of sp³-hybridized carbons (Fsp3) is 0.238. The summed E-state index contributed by atoms with van der Waals surface area (Å²) in [4.78, 5) is 28.8. The van der Waals surface area contributed by atoms with Crippen LogP contribution in [0, 0.1) is 6.92 Å². The van der Waals surface area contributed by atoms with E-state index in [9.17, 15) is 9.59 Å². The zero-order valence-corrected chi connectivity index (χ0v) is 19.4. The van der Waals surface area contributed by atoms with Crippen LogP contribution < -0.4 is 15.6 Å². The molecule has 0 aliphatic carbocycles. The van der Waals surface area contributed by atoms with Crippen LogP contribution >= 0.6 is 35.0 Å². The normalized spacial score (nSPS) is 10.6. The van der Waals surface area contributed by atoms with Gasteiger partial charge in [-0.1, -0.05) is 40.1 Å². The summed E-state index contributed by atoms with van der Waals surface area (Å²) in [6, 6.07) is 10.0. The third kappa shape index (κ3) is 7.15. The molecule has 0 atom stereocenters. The lowest BCUT2D eigenvalue weighted by atomic mass is 10.3. The number of amides is 2. The number of benzene rings is 1. The summed E-state index contributed by atoms with van der Waals surface area (Å²) in [6.07, 6.45) is 2.19. The van der Waals surface area contributed by atoms with E-state index < -0.39 is 5.91 Å². The first-order valence-corrected chi connectivity index (χ1v) is 11.3. The van der Waals surface area contributed by atoms with Crippen molar-refractivity contribution in [1.29, 1.82) is 0 Å². The summed E-state index contributed by atoms with van der Waals surface area (Å²) < 4.78 is 10.6. The molecule has 0 saturated heterocycles. The van der Waals surface area contributed by atoms with Gasteiger partial charge in [0.1, 0.15) is 16.5 Å². The molecule has 0 radical (unpaired) electrons. The summed E-state index contributed by atoms with van der Waals surface area (Å²) in [5.74, 6) is 0.893. The first-order valence-electron chi connectivity index (χ1n) is 9.59. The lowest BCUT2D eigenvalue weighted by Crippen LogP contribution is -2.41. The molecule has 1 aromatic carbocycles. The lowest BCUT2D eigenvalue weighted by molar-refractivity contribution is -0.122. The highest BCUT2D eigenvalue weighted by atomic mass is 35.5. The Labute approximate surface area is 199 Å². The van der Waals surface area contributed by atoms with E-state index in [2.05, 4.69) is 21.0 Å². The van der Waals surface area contributed by atoms with E-state index in [4.69, 9.17) is 32.5 Å². The predicted octanol–water partition coefficient (Wildman–Crippen LogP) is 4.60. The van der Waals surface area contributed by atoms with Crippen LogP contribution in [0.3, 0.4) is 0 Å². The standard InChI is InChI=1S/C21H20Cl2N4O4S/c1-13-10-15(27-31-13)12-32-21-16(4-2-8-24-21)20(29)26-25-19(28)5-3-9-30-18-7-6-14(22)11-17(18)23/h2,4,6-8,10-11H,3,5,9,12H2,1H3,(H,25,28)(H,26,29). The fourth-order valence-corrected chi connectivity index (χ4v) is 3.91. The van der Waals surface area contributed by atoms with Crippen LogP contribution in [0.15, 0.2) is 52.1 Å². The van der Waals surface area contributed by atoms with Crippen molar-refractivity contribution >= 4 is 46.8 Å². The number of halogens is 2. The Balaban J connectivity index is 1.42. The van der Waals surface area contributed by atoms with E-state index in [0.717, 1.165) is 5.69 Å². The number of thioether (sulfide) groups is 1. The van der Waals surface area contributed by atoms with Gasteiger partial charge in [0.2, 0.25) is 5.91 Å². The first-order chi connectivity index (χ1) is 15.4. The molecule has 2 amide bonds. The molecule has 168 valence electrons. The molecule has 0 bridgehead atoms. The van der Waals surface area contributed by atoms with Gasteiger partial charge in [0.25, 0.3) is 5.91 Å². The van der Waals surface area contributed by atoms with Gasteiger partial charge in [0.15, 0.2) is 0 Å². The molecular weight excluding hydrogens is 475 g/mol. The zero-order chi connectivity index (χ0) is 22.9. The summed E-state index contributed by atoms with van der Waals surface area (Å²) in [7, 11) is 0. The van der Waals surface area contributed by atoms with Gasteiger partial charge in [-0.15, -0.1) is 0 Å². The molecule has 0 saturated carbocycles. The number of aryl methyl sites for hydroxylation is 1. The van der Waals surface area contributed by atoms with Crippen LogP contribution in [0.25, 0.3) is 0 Å². The van der Waals surface area contributed by atoms with E-state index in [1.165, 1.54) is 11.8 Å². The minimum absolute atomic E-state index is 0.158. The van der Waals surface area contributed by atoms with Crippen molar-refractivity contribution in [2.24, 2.45) is 0 Å². The Morgan fingerprint density at radius 2 is 2.03 bits per heavy atom. The number of nitrogens with zero attached hydrogens (tertiary/aromatic N) is 2. The predicted molar refractivity (Wildman–Crippen MR) is 122 cm³/mol. The number of pyridine rings is 1. The maximum Gasteiger partial charge on any atom is 0.272 e. The molecular formula is C21H20Cl2N4O4S. The van der Waals surface area contributed by atoms with E-state index in [-0.39, 0.29) is 18.9 Å². The van der Waals surface area contributed by atoms with Crippen molar-refractivity contribution in [3.8, 4) is 5.75 Å². The fourth-order valence-electron chi connectivity index (χ4n) is 2.57. The molecule has 0 aliphatic rings. The average molecular weight is 495 g/mol. The third-order valence-electron chi connectivity index (χ3n) is 4.06. The van der Waals surface area contributed by atoms with E-state index in [1.807, 2.05) is 13.0 Å². The molecule has 0 aliphatic heterocycles. The molecule has 2 N–H and O–H groups in total. The van der Waals surface area contributed by atoms with Crippen LogP contribution in [0.2, 0.25) is 10.0 Å². The molecule has 8 nitrogen and oxygen atoms in total. The maximum absolute atomic E-state index is 12.5. The first kappa shape index (κ1) is 23.9. The van der Waals surface area contributed by atoms with Crippen molar-refractivity contribution < 1.29 is 18.8 Å². The number of hydrazine groups is 1. The highest BCUT2D eigenvalue weighted by Gasteiger charge is 2.14. The maximum atomic E-state index is 12.5. The number of carbonyl (C=O) groups is 2. The SMILES string of the molecule is Cc1cc(CSc2ncccc2C(=O)NNC(=O)CCCOc2ccc(Cl)cc2Cl)no1. The minimum Gasteiger partial charge on any atom is -0.492 e. The van der Waals surface area contributed by atoms with Crippen molar-refractivity contribution in [2.75, 3.05) is 6.61 Å². The van der Waals surface area contributed by atoms with Gasteiger partial charge >= 0.3 is 0 Å². The Hall–Kier alpha value is -2.75. The second-order valence-corrected chi connectivity index (χ2v) is 8.41. The number of nitrogens with one attached hydrogen (secondary N) is 2. The second kappa shape index (κ2) is 11.8. The highest BCUT2D eigenvalue weighted by Crippen LogP contribution is 2.27.